The summed E-state index contributed by atoms with van der Waals surface area (Å²) in [5.41, 5.74) is 4.59. The van der Waals surface area contributed by atoms with Crippen LogP contribution in [0.2, 0.25) is 5.15 Å². The highest BCUT2D eigenvalue weighted by atomic mass is 35.5. The minimum absolute atomic E-state index is 0.251. The molecule has 2 N–H and O–H groups in total. The van der Waals surface area contributed by atoms with Crippen molar-refractivity contribution in [2.24, 2.45) is 0 Å². The van der Waals surface area contributed by atoms with E-state index in [-0.39, 0.29) is 5.54 Å². The molecule has 2 aromatic heterocycles. The van der Waals surface area contributed by atoms with Crippen LogP contribution < -0.4 is 10.6 Å². The number of rotatable bonds is 6. The number of pyridine rings is 2. The Morgan fingerprint density at radius 3 is 2.59 bits per heavy atom. The predicted octanol–water partition coefficient (Wildman–Crippen LogP) is 3.52. The SMILES string of the molecule is CCc1c(NCC2(NC)CC2)cnc(Cl)c1-c1ccncc1. The smallest absolute Gasteiger partial charge is 0.137 e. The Hall–Kier alpha value is -1.65. The van der Waals surface area contributed by atoms with E-state index in [1.807, 2.05) is 25.4 Å². The maximum absolute atomic E-state index is 6.37. The first-order chi connectivity index (χ1) is 10.7. The molecule has 2 heterocycles. The van der Waals surface area contributed by atoms with Crippen molar-refractivity contribution in [3.63, 3.8) is 0 Å². The van der Waals surface area contributed by atoms with Gasteiger partial charge in [0.25, 0.3) is 0 Å². The second-order valence-electron chi connectivity index (χ2n) is 5.79. The summed E-state index contributed by atoms with van der Waals surface area (Å²) < 4.78 is 0. The molecule has 1 aliphatic carbocycles. The van der Waals surface area contributed by atoms with Crippen LogP contribution in [0.25, 0.3) is 11.1 Å². The minimum Gasteiger partial charge on any atom is -0.382 e. The normalized spacial score (nSPS) is 15.6. The van der Waals surface area contributed by atoms with E-state index >= 15 is 0 Å². The van der Waals surface area contributed by atoms with Gasteiger partial charge in [-0.3, -0.25) is 4.98 Å². The van der Waals surface area contributed by atoms with Gasteiger partial charge in [0.2, 0.25) is 0 Å². The molecule has 116 valence electrons. The Bertz CT molecular complexity index is 653. The van der Waals surface area contributed by atoms with E-state index in [1.54, 1.807) is 12.4 Å². The lowest BCUT2D eigenvalue weighted by molar-refractivity contribution is 0.578. The third-order valence-corrected chi connectivity index (χ3v) is 4.75. The standard InChI is InChI=1S/C17H21ClN4/c1-3-13-14(22-11-17(19-2)6-7-17)10-21-16(18)15(13)12-4-8-20-9-5-12/h4-5,8-10,19,22H,3,6-7,11H2,1-2H3. The average molecular weight is 317 g/mol. The van der Waals surface area contributed by atoms with Crippen LogP contribution >= 0.6 is 11.6 Å². The van der Waals surface area contributed by atoms with Crippen LogP contribution in [-0.4, -0.2) is 29.1 Å². The molecule has 3 rings (SSSR count). The molecule has 22 heavy (non-hydrogen) atoms. The van der Waals surface area contributed by atoms with Gasteiger partial charge in [-0.25, -0.2) is 4.98 Å². The third kappa shape index (κ3) is 2.94. The topological polar surface area (TPSA) is 49.8 Å². The summed E-state index contributed by atoms with van der Waals surface area (Å²) in [6.45, 7) is 3.06. The zero-order valence-electron chi connectivity index (χ0n) is 13.0. The maximum atomic E-state index is 6.37. The minimum atomic E-state index is 0.251. The van der Waals surface area contributed by atoms with Crippen molar-refractivity contribution in [1.82, 2.24) is 15.3 Å². The maximum Gasteiger partial charge on any atom is 0.137 e. The fourth-order valence-corrected chi connectivity index (χ4v) is 3.06. The Balaban J connectivity index is 1.94. The quantitative estimate of drug-likeness (QED) is 0.801. The number of nitrogens with one attached hydrogen (secondary N) is 2. The fourth-order valence-electron chi connectivity index (χ4n) is 2.78. The summed E-state index contributed by atoms with van der Waals surface area (Å²) in [5.74, 6) is 0. The van der Waals surface area contributed by atoms with Gasteiger partial charge in [0.15, 0.2) is 0 Å². The number of anilines is 1. The highest BCUT2D eigenvalue weighted by Crippen LogP contribution is 2.37. The molecule has 4 nitrogen and oxygen atoms in total. The van der Waals surface area contributed by atoms with Crippen LogP contribution in [-0.2, 0) is 6.42 Å². The highest BCUT2D eigenvalue weighted by molar-refractivity contribution is 6.32. The Kier molecular flexibility index (Phi) is 4.32. The summed E-state index contributed by atoms with van der Waals surface area (Å²) in [4.78, 5) is 8.45. The molecule has 5 heteroatoms. The molecule has 1 aliphatic rings. The van der Waals surface area contributed by atoms with Crippen LogP contribution in [0.4, 0.5) is 5.69 Å². The summed E-state index contributed by atoms with van der Waals surface area (Å²) in [5, 5.41) is 7.50. The number of halogens is 1. The highest BCUT2D eigenvalue weighted by Gasteiger charge is 2.40. The molecule has 0 unspecified atom stereocenters. The molecule has 2 aromatic rings. The van der Waals surface area contributed by atoms with Crippen molar-refractivity contribution in [1.29, 1.82) is 0 Å². The van der Waals surface area contributed by atoms with Gasteiger partial charge in [-0.15, -0.1) is 0 Å². The lowest BCUT2D eigenvalue weighted by atomic mass is 9.99. The molecule has 1 fully saturated rings. The van der Waals surface area contributed by atoms with Gasteiger partial charge < -0.3 is 10.6 Å². The van der Waals surface area contributed by atoms with E-state index < -0.39 is 0 Å². The Labute approximate surface area is 136 Å². The van der Waals surface area contributed by atoms with Gasteiger partial charge in [-0.2, -0.15) is 0 Å². The Morgan fingerprint density at radius 1 is 1.27 bits per heavy atom. The Morgan fingerprint density at radius 2 is 2.00 bits per heavy atom. The van der Waals surface area contributed by atoms with E-state index in [2.05, 4.69) is 27.5 Å². The van der Waals surface area contributed by atoms with E-state index in [0.29, 0.717) is 5.15 Å². The molecule has 0 radical (unpaired) electrons. The largest absolute Gasteiger partial charge is 0.382 e. The first kappa shape index (κ1) is 15.3. The monoisotopic (exact) mass is 316 g/mol. The van der Waals surface area contributed by atoms with E-state index in [1.165, 1.54) is 18.4 Å². The van der Waals surface area contributed by atoms with Gasteiger partial charge in [-0.1, -0.05) is 18.5 Å². The van der Waals surface area contributed by atoms with Crippen LogP contribution in [0, 0.1) is 0 Å². The summed E-state index contributed by atoms with van der Waals surface area (Å²) in [7, 11) is 2.03. The van der Waals surface area contributed by atoms with Crippen molar-refractivity contribution in [2.45, 2.75) is 31.7 Å². The van der Waals surface area contributed by atoms with Crippen molar-refractivity contribution < 1.29 is 0 Å². The molecule has 0 aliphatic heterocycles. The van der Waals surface area contributed by atoms with Crippen LogP contribution in [0.15, 0.2) is 30.7 Å². The first-order valence-electron chi connectivity index (χ1n) is 7.69. The number of nitrogens with zero attached hydrogens (tertiary/aromatic N) is 2. The second kappa shape index (κ2) is 6.23. The van der Waals surface area contributed by atoms with E-state index in [9.17, 15) is 0 Å². The lowest BCUT2D eigenvalue weighted by Crippen LogP contribution is -2.35. The number of likely N-dealkylation sites (N-methyl/N-ethyl adjacent to an activating group) is 1. The van der Waals surface area contributed by atoms with Crippen LogP contribution in [0.1, 0.15) is 25.3 Å². The fraction of sp³-hybridized carbons (Fsp3) is 0.412. The molecule has 0 saturated heterocycles. The summed E-state index contributed by atoms with van der Waals surface area (Å²) in [6.07, 6.45) is 8.75. The molecule has 0 atom stereocenters. The zero-order valence-corrected chi connectivity index (χ0v) is 13.7. The van der Waals surface area contributed by atoms with Gasteiger partial charge in [-0.05, 0) is 49.6 Å². The predicted molar refractivity (Wildman–Crippen MR) is 91.4 cm³/mol. The molecule has 1 saturated carbocycles. The second-order valence-corrected chi connectivity index (χ2v) is 6.15. The molecule has 0 aromatic carbocycles. The molecule has 0 amide bonds. The van der Waals surface area contributed by atoms with Gasteiger partial charge in [0.05, 0.1) is 11.9 Å². The van der Waals surface area contributed by atoms with E-state index in [4.69, 9.17) is 11.6 Å². The van der Waals surface area contributed by atoms with Crippen molar-refractivity contribution in [2.75, 3.05) is 18.9 Å². The molecule has 0 bridgehead atoms. The number of hydrogen-bond donors (Lipinski definition) is 2. The zero-order chi connectivity index (χ0) is 15.6. The van der Waals surface area contributed by atoms with Gasteiger partial charge in [0.1, 0.15) is 5.15 Å². The third-order valence-electron chi connectivity index (χ3n) is 4.46. The van der Waals surface area contributed by atoms with Crippen molar-refractivity contribution in [3.8, 4) is 11.1 Å². The summed E-state index contributed by atoms with van der Waals surface area (Å²) in [6, 6.07) is 3.95. The lowest BCUT2D eigenvalue weighted by Gasteiger charge is -2.20. The number of aromatic nitrogens is 2. The molecular formula is C17H21ClN4. The summed E-state index contributed by atoms with van der Waals surface area (Å²) >= 11 is 6.37. The van der Waals surface area contributed by atoms with Crippen LogP contribution in [0.3, 0.4) is 0 Å². The van der Waals surface area contributed by atoms with Crippen molar-refractivity contribution >= 4 is 17.3 Å². The van der Waals surface area contributed by atoms with Gasteiger partial charge >= 0.3 is 0 Å². The van der Waals surface area contributed by atoms with Crippen molar-refractivity contribution in [3.05, 3.63) is 41.4 Å². The van der Waals surface area contributed by atoms with Crippen LogP contribution in [0.5, 0.6) is 0 Å². The molecule has 0 spiro atoms. The number of hydrogen-bond acceptors (Lipinski definition) is 4. The average Bonchev–Trinajstić information content (AvgIpc) is 3.34. The first-order valence-corrected chi connectivity index (χ1v) is 8.07. The van der Waals surface area contributed by atoms with E-state index in [0.717, 1.165) is 29.8 Å². The molecular weight excluding hydrogens is 296 g/mol. The van der Waals surface area contributed by atoms with Gasteiger partial charge in [0, 0.05) is 30.0 Å².